The normalized spacial score (nSPS) is 30.5. The van der Waals surface area contributed by atoms with Crippen LogP contribution < -0.4 is 5.56 Å². The fraction of sp³-hybridized carbons (Fsp3) is 0.423. The van der Waals surface area contributed by atoms with E-state index in [-0.39, 0.29) is 23.6 Å². The van der Waals surface area contributed by atoms with Crippen LogP contribution in [-0.2, 0) is 21.6 Å². The highest BCUT2D eigenvalue weighted by molar-refractivity contribution is 9.10. The molecule has 1 aromatic carbocycles. The number of halogens is 1. The van der Waals surface area contributed by atoms with E-state index < -0.39 is 5.41 Å². The van der Waals surface area contributed by atoms with E-state index in [1.165, 1.54) is 35.3 Å². The molecule has 0 aliphatic heterocycles. The van der Waals surface area contributed by atoms with Gasteiger partial charge in [0.05, 0.1) is 11.1 Å². The van der Waals surface area contributed by atoms with E-state index in [4.69, 9.17) is 4.74 Å². The molecule has 6 heteroatoms. The van der Waals surface area contributed by atoms with Crippen LogP contribution in [0, 0.1) is 17.3 Å². The van der Waals surface area contributed by atoms with Gasteiger partial charge in [0.1, 0.15) is 12.3 Å². The largest absolute Gasteiger partial charge is 0.459 e. The molecule has 2 aromatic heterocycles. The molecule has 0 N–H and O–H groups in total. The summed E-state index contributed by atoms with van der Waals surface area (Å²) in [5, 5.41) is 0. The standard InChI is InChI=1S/C26H25BrN2O3/c27-20-6-7-22-28-21(9-23(30)29(22)14-20)15-32-24(31)26-12-17-8-18(13-26)11-25(10-17,16-26)19-4-2-1-3-5-19/h1-7,9,14,17-18H,8,10-13,15-16H2. The van der Waals surface area contributed by atoms with Crippen molar-refractivity contribution in [2.45, 2.75) is 50.5 Å². The number of hydrogen-bond donors (Lipinski definition) is 0. The summed E-state index contributed by atoms with van der Waals surface area (Å²) in [4.78, 5) is 30.5. The van der Waals surface area contributed by atoms with Crippen molar-refractivity contribution in [2.24, 2.45) is 17.3 Å². The van der Waals surface area contributed by atoms with Gasteiger partial charge < -0.3 is 4.74 Å². The highest BCUT2D eigenvalue weighted by atomic mass is 79.9. The summed E-state index contributed by atoms with van der Waals surface area (Å²) in [6.45, 7) is 0.0378. The van der Waals surface area contributed by atoms with Crippen LogP contribution in [0.4, 0.5) is 0 Å². The number of pyridine rings is 1. The van der Waals surface area contributed by atoms with E-state index in [2.05, 4.69) is 51.2 Å². The molecule has 2 heterocycles. The van der Waals surface area contributed by atoms with Crippen LogP contribution >= 0.6 is 15.9 Å². The Morgan fingerprint density at radius 2 is 1.84 bits per heavy atom. The lowest BCUT2D eigenvalue weighted by atomic mass is 9.43. The number of hydrogen-bond acceptors (Lipinski definition) is 4. The smallest absolute Gasteiger partial charge is 0.312 e. The van der Waals surface area contributed by atoms with Crippen molar-refractivity contribution in [1.82, 2.24) is 9.38 Å². The molecule has 32 heavy (non-hydrogen) atoms. The molecule has 4 saturated carbocycles. The van der Waals surface area contributed by atoms with Gasteiger partial charge in [-0.3, -0.25) is 14.0 Å². The number of fused-ring (bicyclic) bond motifs is 1. The van der Waals surface area contributed by atoms with Gasteiger partial charge in [0.15, 0.2) is 0 Å². The third-order valence-corrected chi connectivity index (χ3v) is 8.38. The first-order valence-corrected chi connectivity index (χ1v) is 12.1. The Morgan fingerprint density at radius 3 is 2.59 bits per heavy atom. The monoisotopic (exact) mass is 492 g/mol. The minimum Gasteiger partial charge on any atom is -0.459 e. The second-order valence-corrected chi connectivity index (χ2v) is 11.0. The molecule has 0 radical (unpaired) electrons. The van der Waals surface area contributed by atoms with Gasteiger partial charge in [-0.25, -0.2) is 4.98 Å². The molecule has 164 valence electrons. The van der Waals surface area contributed by atoms with E-state index in [0.717, 1.165) is 23.7 Å². The maximum absolute atomic E-state index is 13.5. The number of benzene rings is 1. The SMILES string of the molecule is O=C(OCc1cc(=O)n2cc(Br)ccc2n1)C12CC3CC(C1)CC(c1ccccc1)(C3)C2. The molecule has 7 rings (SSSR count). The Balaban J connectivity index is 1.26. The fourth-order valence-electron chi connectivity index (χ4n) is 7.12. The molecule has 4 fully saturated rings. The molecule has 0 spiro atoms. The molecule has 3 aromatic rings. The summed E-state index contributed by atoms with van der Waals surface area (Å²) in [5.74, 6) is 1.07. The van der Waals surface area contributed by atoms with Crippen LogP contribution in [0.25, 0.3) is 5.65 Å². The van der Waals surface area contributed by atoms with Crippen LogP contribution in [0.15, 0.2) is 64.0 Å². The minimum absolute atomic E-state index is 0.0378. The third-order valence-electron chi connectivity index (χ3n) is 7.91. The molecular weight excluding hydrogens is 468 g/mol. The van der Waals surface area contributed by atoms with Crippen LogP contribution in [-0.4, -0.2) is 15.4 Å². The number of aromatic nitrogens is 2. The van der Waals surface area contributed by atoms with E-state index in [1.54, 1.807) is 12.3 Å². The van der Waals surface area contributed by atoms with Crippen LogP contribution in [0.2, 0.25) is 0 Å². The summed E-state index contributed by atoms with van der Waals surface area (Å²) >= 11 is 3.38. The first kappa shape index (κ1) is 20.2. The third kappa shape index (κ3) is 3.22. The number of carbonyl (C=O) groups is 1. The van der Waals surface area contributed by atoms with E-state index in [1.807, 2.05) is 6.07 Å². The molecule has 4 bridgehead atoms. The first-order chi connectivity index (χ1) is 15.4. The summed E-state index contributed by atoms with van der Waals surface area (Å²) in [6.07, 6.45) is 8.03. The van der Waals surface area contributed by atoms with Gasteiger partial charge in [-0.05, 0) is 89.4 Å². The Kier molecular flexibility index (Phi) is 4.58. The van der Waals surface area contributed by atoms with Gasteiger partial charge in [0, 0.05) is 16.7 Å². The van der Waals surface area contributed by atoms with Crippen molar-refractivity contribution >= 4 is 27.5 Å². The number of ether oxygens (including phenoxy) is 1. The molecule has 0 amide bonds. The van der Waals surface area contributed by atoms with Crippen LogP contribution in [0.5, 0.6) is 0 Å². The number of rotatable bonds is 4. The highest BCUT2D eigenvalue weighted by Gasteiger charge is 2.61. The van der Waals surface area contributed by atoms with Crippen LogP contribution in [0.3, 0.4) is 0 Å². The average Bonchev–Trinajstić information content (AvgIpc) is 2.78. The van der Waals surface area contributed by atoms with Crippen molar-refractivity contribution in [2.75, 3.05) is 0 Å². The lowest BCUT2D eigenvalue weighted by Gasteiger charge is -2.61. The quantitative estimate of drug-likeness (QED) is 0.478. The molecular formula is C26H25BrN2O3. The van der Waals surface area contributed by atoms with Crippen LogP contribution in [0.1, 0.15) is 49.8 Å². The number of esters is 1. The predicted molar refractivity (Wildman–Crippen MR) is 124 cm³/mol. The Labute approximate surface area is 195 Å². The second-order valence-electron chi connectivity index (χ2n) is 10.1. The summed E-state index contributed by atoms with van der Waals surface area (Å²) in [5.41, 5.74) is 1.92. The fourth-order valence-corrected chi connectivity index (χ4v) is 7.46. The van der Waals surface area contributed by atoms with E-state index in [9.17, 15) is 9.59 Å². The Bertz CT molecular complexity index is 1260. The zero-order chi connectivity index (χ0) is 21.9. The zero-order valence-electron chi connectivity index (χ0n) is 17.8. The van der Waals surface area contributed by atoms with Crippen molar-refractivity contribution in [1.29, 1.82) is 0 Å². The van der Waals surface area contributed by atoms with Gasteiger partial charge >= 0.3 is 5.97 Å². The Hall–Kier alpha value is -2.47. The number of nitrogens with zero attached hydrogens (tertiary/aromatic N) is 2. The van der Waals surface area contributed by atoms with E-state index in [0.29, 0.717) is 23.2 Å². The second kappa shape index (κ2) is 7.27. The van der Waals surface area contributed by atoms with Gasteiger partial charge in [-0.15, -0.1) is 0 Å². The predicted octanol–water partition coefficient (Wildman–Crippen LogP) is 5.04. The number of carbonyl (C=O) groups excluding carboxylic acids is 1. The van der Waals surface area contributed by atoms with Gasteiger partial charge in [0.25, 0.3) is 5.56 Å². The molecule has 4 aliphatic rings. The maximum Gasteiger partial charge on any atom is 0.312 e. The van der Waals surface area contributed by atoms with Gasteiger partial charge in [-0.1, -0.05) is 30.3 Å². The highest BCUT2D eigenvalue weighted by Crippen LogP contribution is 2.66. The van der Waals surface area contributed by atoms with Crippen molar-refractivity contribution in [3.63, 3.8) is 0 Å². The van der Waals surface area contributed by atoms with E-state index >= 15 is 0 Å². The van der Waals surface area contributed by atoms with Crippen molar-refractivity contribution < 1.29 is 9.53 Å². The molecule has 0 saturated heterocycles. The first-order valence-electron chi connectivity index (χ1n) is 11.4. The molecule has 5 nitrogen and oxygen atoms in total. The van der Waals surface area contributed by atoms with Crippen molar-refractivity contribution in [3.05, 3.63) is 80.8 Å². The summed E-state index contributed by atoms with van der Waals surface area (Å²) in [6, 6.07) is 15.8. The van der Waals surface area contributed by atoms with Gasteiger partial charge in [0.2, 0.25) is 0 Å². The average molecular weight is 493 g/mol. The molecule has 4 aliphatic carbocycles. The topological polar surface area (TPSA) is 60.7 Å². The lowest BCUT2D eigenvalue weighted by molar-refractivity contribution is -0.175. The van der Waals surface area contributed by atoms with Gasteiger partial charge in [-0.2, -0.15) is 0 Å². The molecule has 2 atom stereocenters. The summed E-state index contributed by atoms with van der Waals surface area (Å²) < 4.78 is 8.15. The maximum atomic E-state index is 13.5. The zero-order valence-corrected chi connectivity index (χ0v) is 19.4. The lowest BCUT2D eigenvalue weighted by Crippen LogP contribution is -2.57. The molecule has 2 unspecified atom stereocenters. The Morgan fingerprint density at radius 1 is 1.09 bits per heavy atom. The minimum atomic E-state index is -0.406. The summed E-state index contributed by atoms with van der Waals surface area (Å²) in [7, 11) is 0. The van der Waals surface area contributed by atoms with Crippen molar-refractivity contribution in [3.8, 4) is 0 Å².